The molecule has 0 spiro atoms. The minimum absolute atomic E-state index is 0.0571. The highest BCUT2D eigenvalue weighted by Crippen LogP contribution is 2.35. The Morgan fingerprint density at radius 2 is 2.33 bits per heavy atom. The van der Waals surface area contributed by atoms with Crippen molar-refractivity contribution in [3.8, 4) is 5.75 Å². The van der Waals surface area contributed by atoms with Crippen molar-refractivity contribution in [2.24, 2.45) is 0 Å². The molecule has 0 aromatic heterocycles. The van der Waals surface area contributed by atoms with Crippen LogP contribution >= 0.6 is 0 Å². The summed E-state index contributed by atoms with van der Waals surface area (Å²) >= 11 is 0. The van der Waals surface area contributed by atoms with Gasteiger partial charge in [0.05, 0.1) is 23.8 Å². The minimum atomic E-state index is -1.01. The number of carboxylic acids is 1. The average Bonchev–Trinajstić information content (AvgIpc) is 2.37. The van der Waals surface area contributed by atoms with E-state index in [-0.39, 0.29) is 24.1 Å². The Kier molecular flexibility index (Phi) is 2.45. The van der Waals surface area contributed by atoms with Crippen LogP contribution in [0.1, 0.15) is 10.4 Å². The van der Waals surface area contributed by atoms with E-state index < -0.39 is 5.97 Å². The number of carbonyl (C=O) groups is 2. The van der Waals surface area contributed by atoms with Gasteiger partial charge in [-0.2, -0.15) is 0 Å². The molecule has 0 saturated carbocycles. The molecule has 1 fully saturated rings. The molecule has 2 aliphatic rings. The summed E-state index contributed by atoms with van der Waals surface area (Å²) < 4.78 is 5.55. The molecule has 1 aromatic carbocycles. The predicted molar refractivity (Wildman–Crippen MR) is 63.0 cm³/mol. The molecule has 6 heteroatoms. The lowest BCUT2D eigenvalue weighted by Gasteiger charge is -2.40. The van der Waals surface area contributed by atoms with E-state index in [1.165, 1.54) is 12.1 Å². The number of carbonyl (C=O) groups excluding carboxylic acids is 1. The van der Waals surface area contributed by atoms with E-state index >= 15 is 0 Å². The van der Waals surface area contributed by atoms with Crippen LogP contribution in [-0.4, -0.2) is 42.7 Å². The van der Waals surface area contributed by atoms with E-state index in [1.54, 1.807) is 11.0 Å². The van der Waals surface area contributed by atoms with Gasteiger partial charge >= 0.3 is 5.97 Å². The first-order chi connectivity index (χ1) is 8.66. The monoisotopic (exact) mass is 248 g/mol. The van der Waals surface area contributed by atoms with Crippen LogP contribution in [0.3, 0.4) is 0 Å². The highest BCUT2D eigenvalue weighted by molar-refractivity contribution is 5.99. The molecule has 1 aromatic rings. The van der Waals surface area contributed by atoms with Gasteiger partial charge in [0, 0.05) is 6.54 Å². The number of anilines is 1. The van der Waals surface area contributed by atoms with Crippen molar-refractivity contribution in [2.75, 3.05) is 24.6 Å². The Morgan fingerprint density at radius 1 is 1.50 bits per heavy atom. The molecule has 2 heterocycles. The Morgan fingerprint density at radius 3 is 3.11 bits per heavy atom. The summed E-state index contributed by atoms with van der Waals surface area (Å²) in [4.78, 5) is 24.5. The lowest BCUT2D eigenvalue weighted by Crippen LogP contribution is -2.59. The summed E-state index contributed by atoms with van der Waals surface area (Å²) in [6.45, 7) is 1.36. The van der Waals surface area contributed by atoms with Gasteiger partial charge in [-0.1, -0.05) is 0 Å². The fourth-order valence-corrected chi connectivity index (χ4v) is 2.34. The second kappa shape index (κ2) is 3.99. The number of hydrogen-bond acceptors (Lipinski definition) is 4. The number of hydrogen-bond donors (Lipinski definition) is 2. The Hall–Kier alpha value is -2.08. The van der Waals surface area contributed by atoms with E-state index in [4.69, 9.17) is 9.84 Å². The van der Waals surface area contributed by atoms with Crippen molar-refractivity contribution in [3.63, 3.8) is 0 Å². The van der Waals surface area contributed by atoms with E-state index in [0.717, 1.165) is 0 Å². The van der Waals surface area contributed by atoms with Crippen molar-refractivity contribution in [1.82, 2.24) is 5.32 Å². The number of nitrogens with zero attached hydrogens (tertiary/aromatic N) is 1. The van der Waals surface area contributed by atoms with Gasteiger partial charge < -0.3 is 20.1 Å². The number of rotatable bonds is 1. The summed E-state index contributed by atoms with van der Waals surface area (Å²) in [7, 11) is 0. The quantitative estimate of drug-likeness (QED) is 0.736. The third-order valence-electron chi connectivity index (χ3n) is 3.19. The lowest BCUT2D eigenvalue weighted by atomic mass is 10.1. The molecule has 0 bridgehead atoms. The molecule has 1 amide bonds. The fourth-order valence-electron chi connectivity index (χ4n) is 2.34. The molecule has 2 aliphatic heterocycles. The van der Waals surface area contributed by atoms with E-state index in [9.17, 15) is 9.59 Å². The van der Waals surface area contributed by atoms with Crippen LogP contribution in [0.4, 0.5) is 5.69 Å². The molecule has 18 heavy (non-hydrogen) atoms. The van der Waals surface area contributed by atoms with Crippen molar-refractivity contribution < 1.29 is 19.4 Å². The highest BCUT2D eigenvalue weighted by atomic mass is 16.5. The number of nitrogens with one attached hydrogen (secondary N) is 1. The molecule has 1 unspecified atom stereocenters. The van der Waals surface area contributed by atoms with Crippen LogP contribution < -0.4 is 15.0 Å². The summed E-state index contributed by atoms with van der Waals surface area (Å²) in [5, 5.41) is 12.0. The number of amides is 1. The number of ether oxygens (including phenoxy) is 1. The van der Waals surface area contributed by atoms with E-state index in [2.05, 4.69) is 5.32 Å². The first-order valence-corrected chi connectivity index (χ1v) is 5.70. The smallest absolute Gasteiger partial charge is 0.335 e. The minimum Gasteiger partial charge on any atom is -0.489 e. The van der Waals surface area contributed by atoms with Gasteiger partial charge in [-0.3, -0.25) is 4.79 Å². The van der Waals surface area contributed by atoms with Crippen LogP contribution in [0.25, 0.3) is 0 Å². The molecule has 94 valence electrons. The van der Waals surface area contributed by atoms with E-state index in [1.807, 2.05) is 0 Å². The molecule has 1 atom stereocenters. The number of carboxylic acid groups (broad SMARTS) is 1. The fraction of sp³-hybridized carbons (Fsp3) is 0.333. The van der Waals surface area contributed by atoms with Gasteiger partial charge in [-0.05, 0) is 18.2 Å². The first kappa shape index (κ1) is 11.0. The van der Waals surface area contributed by atoms with Crippen LogP contribution in [0.2, 0.25) is 0 Å². The van der Waals surface area contributed by atoms with Crippen LogP contribution in [0, 0.1) is 0 Å². The largest absolute Gasteiger partial charge is 0.489 e. The Balaban J connectivity index is 2.07. The van der Waals surface area contributed by atoms with Gasteiger partial charge in [0.15, 0.2) is 0 Å². The third kappa shape index (κ3) is 1.62. The zero-order chi connectivity index (χ0) is 12.7. The third-order valence-corrected chi connectivity index (χ3v) is 3.19. The van der Waals surface area contributed by atoms with E-state index in [0.29, 0.717) is 24.6 Å². The maximum absolute atomic E-state index is 11.9. The number of aromatic carboxylic acids is 1. The lowest BCUT2D eigenvalue weighted by molar-refractivity contribution is -0.119. The SMILES string of the molecule is O=C(O)c1ccc2c(c1)N1C(=O)CNCC1CO2. The second-order valence-electron chi connectivity index (χ2n) is 4.35. The molecule has 0 radical (unpaired) electrons. The molecule has 3 rings (SSSR count). The summed E-state index contributed by atoms with van der Waals surface area (Å²) in [5.41, 5.74) is 0.710. The van der Waals surface area contributed by atoms with Crippen LogP contribution in [-0.2, 0) is 4.79 Å². The zero-order valence-corrected chi connectivity index (χ0v) is 9.55. The van der Waals surface area contributed by atoms with Crippen LogP contribution in [0.15, 0.2) is 18.2 Å². The molecular weight excluding hydrogens is 236 g/mol. The predicted octanol–water partition coefficient (Wildman–Crippen LogP) is 0.0820. The highest BCUT2D eigenvalue weighted by Gasteiger charge is 2.35. The Labute approximate surface area is 103 Å². The number of piperazine rings is 1. The van der Waals surface area contributed by atoms with Gasteiger partial charge in [-0.15, -0.1) is 0 Å². The van der Waals surface area contributed by atoms with Gasteiger partial charge in [0.25, 0.3) is 0 Å². The molecular formula is C12H12N2O4. The standard InChI is InChI=1S/C12H12N2O4/c15-11-5-13-4-8-6-18-10-2-1-7(12(16)17)3-9(10)14(8)11/h1-3,8,13H,4-6H2,(H,16,17). The van der Waals surface area contributed by atoms with Crippen molar-refractivity contribution in [2.45, 2.75) is 6.04 Å². The van der Waals surface area contributed by atoms with Gasteiger partial charge in [0.2, 0.25) is 5.91 Å². The first-order valence-electron chi connectivity index (χ1n) is 5.70. The van der Waals surface area contributed by atoms with Crippen LogP contribution in [0.5, 0.6) is 5.75 Å². The van der Waals surface area contributed by atoms with Crippen molar-refractivity contribution >= 4 is 17.6 Å². The molecule has 2 N–H and O–H groups in total. The maximum atomic E-state index is 11.9. The molecule has 6 nitrogen and oxygen atoms in total. The Bertz CT molecular complexity index is 529. The number of benzene rings is 1. The maximum Gasteiger partial charge on any atom is 0.335 e. The summed E-state index contributed by atoms with van der Waals surface area (Å²) in [5.74, 6) is -0.507. The number of fused-ring (bicyclic) bond motifs is 3. The normalized spacial score (nSPS) is 21.9. The molecule has 1 saturated heterocycles. The average molecular weight is 248 g/mol. The topological polar surface area (TPSA) is 78.9 Å². The zero-order valence-electron chi connectivity index (χ0n) is 9.55. The van der Waals surface area contributed by atoms with Crippen molar-refractivity contribution in [1.29, 1.82) is 0 Å². The van der Waals surface area contributed by atoms with Crippen molar-refractivity contribution in [3.05, 3.63) is 23.8 Å². The van der Waals surface area contributed by atoms with Gasteiger partial charge in [-0.25, -0.2) is 4.79 Å². The van der Waals surface area contributed by atoms with Gasteiger partial charge in [0.1, 0.15) is 12.4 Å². The molecule has 0 aliphatic carbocycles. The summed E-state index contributed by atoms with van der Waals surface area (Å²) in [6.07, 6.45) is 0. The summed E-state index contributed by atoms with van der Waals surface area (Å²) in [6, 6.07) is 4.51. The second-order valence-corrected chi connectivity index (χ2v) is 4.35.